The van der Waals surface area contributed by atoms with Crippen molar-refractivity contribution in [2.45, 2.75) is 59.3 Å². The van der Waals surface area contributed by atoms with Crippen molar-refractivity contribution in [3.8, 4) is 80.7 Å². The number of hydrogen-bond acceptors (Lipinski definition) is 9. The van der Waals surface area contributed by atoms with Crippen LogP contribution >= 0.6 is 34.0 Å². The predicted molar refractivity (Wildman–Crippen MR) is 227 cm³/mol. The van der Waals surface area contributed by atoms with Crippen LogP contribution in [0.25, 0.3) is 63.4 Å². The average molecular weight is 772 g/mol. The Bertz CT molecular complexity index is 1960. The fraction of sp³-hybridized carbons (Fsp3) is 0.267. The fourth-order valence-electron chi connectivity index (χ4n) is 5.70. The summed E-state index contributed by atoms with van der Waals surface area (Å²) in [6.45, 7) is 8.73. The third kappa shape index (κ3) is 9.45. The Morgan fingerprint density at radius 3 is 0.870 bits per heavy atom. The van der Waals surface area contributed by atoms with E-state index in [0.29, 0.717) is 17.5 Å². The van der Waals surface area contributed by atoms with E-state index in [9.17, 15) is 0 Å². The van der Waals surface area contributed by atoms with Crippen LogP contribution in [-0.2, 0) is 0 Å². The molecule has 276 valence electrons. The Hall–Kier alpha value is -4.83. The van der Waals surface area contributed by atoms with Crippen molar-refractivity contribution in [3.63, 3.8) is 0 Å². The molecular formula is C45H45N3O3S3. The van der Waals surface area contributed by atoms with Crippen LogP contribution < -0.4 is 14.2 Å². The molecule has 7 aromatic rings. The summed E-state index contributed by atoms with van der Waals surface area (Å²) in [7, 11) is 0. The van der Waals surface area contributed by atoms with Crippen molar-refractivity contribution in [2.24, 2.45) is 0 Å². The van der Waals surface area contributed by atoms with E-state index in [0.717, 1.165) is 122 Å². The maximum absolute atomic E-state index is 5.90. The minimum absolute atomic E-state index is 0.665. The standard InChI is InChI=1S/C45H45N3O3S3/c1-4-7-28-49-34-16-10-31(11-17-34)37-22-25-40(52-37)43-46-44(41-26-23-38(53-41)32-12-18-35(19-13-32)50-29-8-5-2)48-45(47-43)42-27-24-39(54-42)33-14-20-36(21-15-33)51-30-9-6-3/h10-27H,4-9,28-30H2,1-3H3. The smallest absolute Gasteiger partial charge is 0.174 e. The van der Waals surface area contributed by atoms with Gasteiger partial charge in [0.2, 0.25) is 0 Å². The molecule has 7 rings (SSSR count). The number of nitrogens with zero attached hydrogens (tertiary/aromatic N) is 3. The average Bonchev–Trinajstić information content (AvgIpc) is 4.02. The van der Waals surface area contributed by atoms with Gasteiger partial charge >= 0.3 is 0 Å². The number of aromatic nitrogens is 3. The van der Waals surface area contributed by atoms with Gasteiger partial charge in [-0.05, 0) is 145 Å². The van der Waals surface area contributed by atoms with Crippen molar-refractivity contribution in [3.05, 3.63) is 109 Å². The molecule has 6 nitrogen and oxygen atoms in total. The number of ether oxygens (including phenoxy) is 3. The zero-order valence-electron chi connectivity index (χ0n) is 31.0. The second-order valence-corrected chi connectivity index (χ2v) is 16.2. The minimum atomic E-state index is 0.665. The van der Waals surface area contributed by atoms with Crippen molar-refractivity contribution in [2.75, 3.05) is 19.8 Å². The highest BCUT2D eigenvalue weighted by Gasteiger charge is 2.18. The molecule has 3 aromatic carbocycles. The minimum Gasteiger partial charge on any atom is -0.494 e. The highest BCUT2D eigenvalue weighted by Crippen LogP contribution is 2.40. The summed E-state index contributed by atoms with van der Waals surface area (Å²) >= 11 is 5.05. The molecule has 0 atom stereocenters. The maximum atomic E-state index is 5.90. The first-order chi connectivity index (χ1) is 26.6. The molecule has 4 heterocycles. The zero-order chi connectivity index (χ0) is 37.1. The van der Waals surface area contributed by atoms with E-state index in [1.807, 2.05) is 36.4 Å². The lowest BCUT2D eigenvalue weighted by Crippen LogP contribution is -1.97. The van der Waals surface area contributed by atoms with Gasteiger partial charge in [-0.15, -0.1) is 34.0 Å². The molecule has 0 aliphatic carbocycles. The molecule has 0 spiro atoms. The zero-order valence-corrected chi connectivity index (χ0v) is 33.5. The molecule has 4 aromatic heterocycles. The molecule has 0 saturated carbocycles. The Morgan fingerprint density at radius 2 is 0.611 bits per heavy atom. The number of rotatable bonds is 18. The molecule has 0 aliphatic heterocycles. The molecule has 0 amide bonds. The van der Waals surface area contributed by atoms with E-state index < -0.39 is 0 Å². The third-order valence-electron chi connectivity index (χ3n) is 8.83. The number of hydrogen-bond donors (Lipinski definition) is 0. The summed E-state index contributed by atoms with van der Waals surface area (Å²) in [5, 5.41) is 0. The first kappa shape index (κ1) is 37.5. The van der Waals surface area contributed by atoms with Gasteiger partial charge in [-0.25, -0.2) is 15.0 Å². The Balaban J connectivity index is 1.18. The largest absolute Gasteiger partial charge is 0.494 e. The summed E-state index contributed by atoms with van der Waals surface area (Å²) in [6.07, 6.45) is 6.50. The van der Waals surface area contributed by atoms with Crippen LogP contribution in [0, 0.1) is 0 Å². The number of unbranched alkanes of at least 4 members (excludes halogenated alkanes) is 3. The number of thiophene rings is 3. The molecule has 0 fully saturated rings. The van der Waals surface area contributed by atoms with Gasteiger partial charge in [0.25, 0.3) is 0 Å². The molecule has 0 radical (unpaired) electrons. The van der Waals surface area contributed by atoms with Crippen LogP contribution in [0.2, 0.25) is 0 Å². The van der Waals surface area contributed by atoms with E-state index in [2.05, 4.69) is 93.6 Å². The third-order valence-corrected chi connectivity index (χ3v) is 12.2. The molecule has 0 unspecified atom stereocenters. The van der Waals surface area contributed by atoms with Crippen LogP contribution in [0.15, 0.2) is 109 Å². The van der Waals surface area contributed by atoms with E-state index in [4.69, 9.17) is 29.2 Å². The summed E-state index contributed by atoms with van der Waals surface area (Å²) in [4.78, 5) is 21.7. The Kier molecular flexibility index (Phi) is 12.8. The fourth-order valence-corrected chi connectivity index (χ4v) is 8.53. The normalized spacial score (nSPS) is 11.2. The Labute approximate surface area is 330 Å². The van der Waals surface area contributed by atoms with Crippen molar-refractivity contribution in [1.82, 2.24) is 15.0 Å². The van der Waals surface area contributed by atoms with E-state index in [-0.39, 0.29) is 0 Å². The van der Waals surface area contributed by atoms with Gasteiger partial charge in [0, 0.05) is 14.6 Å². The highest BCUT2D eigenvalue weighted by atomic mass is 32.1. The predicted octanol–water partition coefficient (Wildman–Crippen LogP) is 13.6. The first-order valence-electron chi connectivity index (χ1n) is 18.9. The van der Waals surface area contributed by atoms with Gasteiger partial charge in [-0.1, -0.05) is 40.0 Å². The highest BCUT2D eigenvalue weighted by molar-refractivity contribution is 7.19. The Morgan fingerprint density at radius 1 is 0.352 bits per heavy atom. The maximum Gasteiger partial charge on any atom is 0.174 e. The van der Waals surface area contributed by atoms with Crippen LogP contribution in [0.5, 0.6) is 17.2 Å². The van der Waals surface area contributed by atoms with Crippen LogP contribution in [0.3, 0.4) is 0 Å². The first-order valence-corrected chi connectivity index (χ1v) is 21.3. The number of benzene rings is 3. The summed E-state index contributed by atoms with van der Waals surface area (Å²) in [5.74, 6) is 4.69. The van der Waals surface area contributed by atoms with Gasteiger partial charge in [0.05, 0.1) is 34.5 Å². The molecule has 0 saturated heterocycles. The van der Waals surface area contributed by atoms with Gasteiger partial charge in [-0.2, -0.15) is 0 Å². The second kappa shape index (κ2) is 18.5. The second-order valence-electron chi connectivity index (χ2n) is 13.0. The summed E-state index contributed by atoms with van der Waals surface area (Å²) in [6, 6.07) is 37.8. The molecule has 54 heavy (non-hydrogen) atoms. The monoisotopic (exact) mass is 771 g/mol. The topological polar surface area (TPSA) is 66.4 Å². The van der Waals surface area contributed by atoms with Crippen LogP contribution in [-0.4, -0.2) is 34.8 Å². The van der Waals surface area contributed by atoms with E-state index in [1.165, 1.54) is 0 Å². The lowest BCUT2D eigenvalue weighted by Gasteiger charge is -2.06. The summed E-state index contributed by atoms with van der Waals surface area (Å²) < 4.78 is 17.7. The molecular weight excluding hydrogens is 727 g/mol. The van der Waals surface area contributed by atoms with E-state index >= 15 is 0 Å². The molecule has 0 aliphatic rings. The summed E-state index contributed by atoms with van der Waals surface area (Å²) in [5.41, 5.74) is 3.41. The van der Waals surface area contributed by atoms with Gasteiger partial charge < -0.3 is 14.2 Å². The lowest BCUT2D eigenvalue weighted by atomic mass is 10.2. The van der Waals surface area contributed by atoms with Crippen molar-refractivity contribution < 1.29 is 14.2 Å². The van der Waals surface area contributed by atoms with Crippen molar-refractivity contribution >= 4 is 34.0 Å². The SMILES string of the molecule is CCCCOc1ccc(-c2ccc(-c3nc(-c4ccc(-c5ccc(OCCCC)cc5)s4)nc(-c4ccc(-c5ccc(OCCCC)cc5)s4)n3)s2)cc1. The van der Waals surface area contributed by atoms with E-state index in [1.54, 1.807) is 34.0 Å². The van der Waals surface area contributed by atoms with Crippen LogP contribution in [0.1, 0.15) is 59.3 Å². The van der Waals surface area contributed by atoms with Gasteiger partial charge in [-0.3, -0.25) is 0 Å². The van der Waals surface area contributed by atoms with Crippen LogP contribution in [0.4, 0.5) is 0 Å². The molecule has 9 heteroatoms. The van der Waals surface area contributed by atoms with Gasteiger partial charge in [0.15, 0.2) is 17.5 Å². The molecule has 0 bridgehead atoms. The van der Waals surface area contributed by atoms with Gasteiger partial charge in [0.1, 0.15) is 17.2 Å². The quantitative estimate of drug-likeness (QED) is 0.0810. The molecule has 0 N–H and O–H groups in total. The van der Waals surface area contributed by atoms with Crippen molar-refractivity contribution in [1.29, 1.82) is 0 Å². The lowest BCUT2D eigenvalue weighted by molar-refractivity contribution is 0.309.